The van der Waals surface area contributed by atoms with E-state index < -0.39 is 0 Å². The Bertz CT molecular complexity index is 1070. The number of amides is 1. The largest absolute Gasteiger partial charge is 0.322 e. The number of anilines is 1. The summed E-state index contributed by atoms with van der Waals surface area (Å²) in [5.41, 5.74) is 2.27. The number of hydrogen-bond donors (Lipinski definition) is 2. The number of rotatable bonds is 2. The summed E-state index contributed by atoms with van der Waals surface area (Å²) in [5.74, 6) is -0.315. The Morgan fingerprint density at radius 1 is 1.12 bits per heavy atom. The molecule has 0 atom stereocenters. The number of hydrogen-bond acceptors (Lipinski definition) is 2. The van der Waals surface area contributed by atoms with Gasteiger partial charge in [0.2, 0.25) is 5.56 Å². The van der Waals surface area contributed by atoms with Crippen LogP contribution in [0.4, 0.5) is 5.69 Å². The maximum atomic E-state index is 12.5. The van der Waals surface area contributed by atoms with Crippen LogP contribution in [0.3, 0.4) is 0 Å². The maximum Gasteiger partial charge on any atom is 0.257 e. The van der Waals surface area contributed by atoms with Crippen LogP contribution in [-0.4, -0.2) is 10.9 Å². The molecule has 26 heavy (non-hydrogen) atoms. The Labute approximate surface area is 164 Å². The zero-order valence-corrected chi connectivity index (χ0v) is 17.0. The summed E-state index contributed by atoms with van der Waals surface area (Å²) in [6, 6.07) is 12.2. The number of carbonyl (C=O) groups is 1. The molecular formula is C20H18BrClN2O2. The Hall–Kier alpha value is -2.11. The first-order valence-corrected chi connectivity index (χ1v) is 9.26. The molecule has 4 nitrogen and oxygen atoms in total. The lowest BCUT2D eigenvalue weighted by molar-refractivity contribution is 0.102. The molecule has 3 rings (SSSR count). The number of pyridine rings is 1. The maximum absolute atomic E-state index is 12.5. The van der Waals surface area contributed by atoms with Crippen molar-refractivity contribution >= 4 is 50.0 Å². The van der Waals surface area contributed by atoms with Gasteiger partial charge >= 0.3 is 0 Å². The molecule has 2 N–H and O–H groups in total. The number of H-pyrrole nitrogens is 1. The third-order valence-electron chi connectivity index (χ3n) is 4.08. The fourth-order valence-corrected chi connectivity index (χ4v) is 3.39. The van der Waals surface area contributed by atoms with Crippen molar-refractivity contribution in [2.75, 3.05) is 5.32 Å². The number of fused-ring (bicyclic) bond motifs is 1. The monoisotopic (exact) mass is 432 g/mol. The van der Waals surface area contributed by atoms with Crippen LogP contribution in [0.2, 0.25) is 5.02 Å². The molecule has 1 amide bonds. The molecule has 1 heterocycles. The van der Waals surface area contributed by atoms with Crippen LogP contribution in [0, 0.1) is 0 Å². The topological polar surface area (TPSA) is 62.0 Å². The summed E-state index contributed by atoms with van der Waals surface area (Å²) in [4.78, 5) is 27.4. The van der Waals surface area contributed by atoms with Crippen LogP contribution in [0.1, 0.15) is 36.7 Å². The highest BCUT2D eigenvalue weighted by atomic mass is 79.9. The number of nitrogens with one attached hydrogen (secondary N) is 2. The Morgan fingerprint density at radius 3 is 2.54 bits per heavy atom. The molecule has 0 unspecified atom stereocenters. The number of aromatic amines is 1. The Morgan fingerprint density at radius 2 is 1.85 bits per heavy atom. The highest BCUT2D eigenvalue weighted by molar-refractivity contribution is 9.10. The van der Waals surface area contributed by atoms with Gasteiger partial charge in [-0.2, -0.15) is 0 Å². The standard InChI is InChI=1S/C20H18BrClN2O2/c1-20(2,3)15-10-18(25)24-17-9-12(5-6-13(15)17)23-19(26)14-8-11(21)4-7-16(14)22/h4-10H,1-3H3,(H,23,26)(H,24,25). The van der Waals surface area contributed by atoms with Crippen molar-refractivity contribution < 1.29 is 4.79 Å². The number of halogens is 2. The smallest absolute Gasteiger partial charge is 0.257 e. The van der Waals surface area contributed by atoms with Crippen LogP contribution in [-0.2, 0) is 5.41 Å². The van der Waals surface area contributed by atoms with E-state index in [0.717, 1.165) is 15.4 Å². The Kier molecular flexibility index (Phi) is 4.95. The molecule has 0 fully saturated rings. The second-order valence-electron chi connectivity index (χ2n) is 7.14. The van der Waals surface area contributed by atoms with Gasteiger partial charge in [0.25, 0.3) is 5.91 Å². The van der Waals surface area contributed by atoms with E-state index in [1.807, 2.05) is 12.1 Å². The first kappa shape index (κ1) is 18.7. The summed E-state index contributed by atoms with van der Waals surface area (Å²) < 4.78 is 0.768. The molecule has 0 bridgehead atoms. The van der Waals surface area contributed by atoms with Crippen molar-refractivity contribution in [2.24, 2.45) is 0 Å². The van der Waals surface area contributed by atoms with E-state index in [-0.39, 0.29) is 16.9 Å². The van der Waals surface area contributed by atoms with Gasteiger partial charge in [-0.3, -0.25) is 9.59 Å². The average Bonchev–Trinajstić information content (AvgIpc) is 2.55. The molecule has 0 saturated carbocycles. The predicted molar refractivity (Wildman–Crippen MR) is 110 cm³/mol. The SMILES string of the molecule is CC(C)(C)c1cc(=O)[nH]c2cc(NC(=O)c3cc(Br)ccc3Cl)ccc12. The van der Waals surface area contributed by atoms with E-state index >= 15 is 0 Å². The van der Waals surface area contributed by atoms with Gasteiger partial charge in [0, 0.05) is 21.6 Å². The zero-order chi connectivity index (χ0) is 19.1. The van der Waals surface area contributed by atoms with E-state index in [2.05, 4.69) is 47.0 Å². The third-order valence-corrected chi connectivity index (χ3v) is 4.90. The lowest BCUT2D eigenvalue weighted by Crippen LogP contribution is -2.17. The molecule has 0 aliphatic carbocycles. The molecule has 0 saturated heterocycles. The molecule has 3 aromatic rings. The number of aromatic nitrogens is 1. The molecule has 0 aliphatic heterocycles. The number of benzene rings is 2. The van der Waals surface area contributed by atoms with E-state index in [0.29, 0.717) is 21.8 Å². The molecular weight excluding hydrogens is 416 g/mol. The van der Waals surface area contributed by atoms with Gasteiger partial charge in [0.1, 0.15) is 0 Å². The van der Waals surface area contributed by atoms with Gasteiger partial charge in [0.05, 0.1) is 16.1 Å². The minimum Gasteiger partial charge on any atom is -0.322 e. The van der Waals surface area contributed by atoms with Gasteiger partial charge in [-0.05, 0) is 41.3 Å². The van der Waals surface area contributed by atoms with Crippen molar-refractivity contribution in [3.8, 4) is 0 Å². The summed E-state index contributed by atoms with van der Waals surface area (Å²) in [5, 5.41) is 4.15. The second-order valence-corrected chi connectivity index (χ2v) is 8.46. The normalized spacial score (nSPS) is 11.6. The van der Waals surface area contributed by atoms with E-state index in [4.69, 9.17) is 11.6 Å². The summed E-state index contributed by atoms with van der Waals surface area (Å²) >= 11 is 9.45. The van der Waals surface area contributed by atoms with Crippen LogP contribution >= 0.6 is 27.5 Å². The van der Waals surface area contributed by atoms with E-state index in [1.165, 1.54) is 0 Å². The Balaban J connectivity index is 2.01. The summed E-state index contributed by atoms with van der Waals surface area (Å²) in [7, 11) is 0. The van der Waals surface area contributed by atoms with Crippen LogP contribution in [0.5, 0.6) is 0 Å². The van der Waals surface area contributed by atoms with Crippen molar-refractivity contribution in [1.82, 2.24) is 4.98 Å². The van der Waals surface area contributed by atoms with Crippen LogP contribution in [0.15, 0.2) is 51.7 Å². The minimum atomic E-state index is -0.315. The van der Waals surface area contributed by atoms with E-state index in [9.17, 15) is 9.59 Å². The lowest BCUT2D eigenvalue weighted by atomic mass is 9.85. The molecule has 0 aliphatic rings. The summed E-state index contributed by atoms with van der Waals surface area (Å²) in [6.45, 7) is 6.19. The highest BCUT2D eigenvalue weighted by Gasteiger charge is 2.18. The van der Waals surface area contributed by atoms with Crippen molar-refractivity contribution in [3.05, 3.63) is 73.4 Å². The van der Waals surface area contributed by atoms with Gasteiger partial charge in [-0.25, -0.2) is 0 Å². The zero-order valence-electron chi connectivity index (χ0n) is 14.6. The molecule has 6 heteroatoms. The highest BCUT2D eigenvalue weighted by Crippen LogP contribution is 2.29. The summed E-state index contributed by atoms with van der Waals surface area (Å²) in [6.07, 6.45) is 0. The van der Waals surface area contributed by atoms with Gasteiger partial charge in [-0.15, -0.1) is 0 Å². The van der Waals surface area contributed by atoms with Crippen molar-refractivity contribution in [1.29, 1.82) is 0 Å². The van der Waals surface area contributed by atoms with Gasteiger partial charge < -0.3 is 10.3 Å². The number of carbonyl (C=O) groups excluding carboxylic acids is 1. The quantitative estimate of drug-likeness (QED) is 0.561. The third kappa shape index (κ3) is 3.84. The molecule has 2 aromatic carbocycles. The van der Waals surface area contributed by atoms with Gasteiger partial charge in [0.15, 0.2) is 0 Å². The van der Waals surface area contributed by atoms with Crippen molar-refractivity contribution in [3.63, 3.8) is 0 Å². The average molecular weight is 434 g/mol. The fourth-order valence-electron chi connectivity index (χ4n) is 2.83. The second kappa shape index (κ2) is 6.89. The molecule has 134 valence electrons. The molecule has 1 aromatic heterocycles. The lowest BCUT2D eigenvalue weighted by Gasteiger charge is -2.21. The first-order chi connectivity index (χ1) is 12.1. The molecule has 0 radical (unpaired) electrons. The first-order valence-electron chi connectivity index (χ1n) is 8.09. The predicted octanol–water partition coefficient (Wildman–Crippen LogP) is 5.49. The fraction of sp³-hybridized carbons (Fsp3) is 0.200. The van der Waals surface area contributed by atoms with Gasteiger partial charge in [-0.1, -0.05) is 54.4 Å². The van der Waals surface area contributed by atoms with Crippen LogP contribution in [0.25, 0.3) is 10.9 Å². The van der Waals surface area contributed by atoms with Crippen molar-refractivity contribution in [2.45, 2.75) is 26.2 Å². The molecule has 0 spiro atoms. The van der Waals surface area contributed by atoms with Crippen LogP contribution < -0.4 is 10.9 Å². The van der Waals surface area contributed by atoms with E-state index in [1.54, 1.807) is 30.3 Å². The minimum absolute atomic E-state index is 0.166.